The van der Waals surface area contributed by atoms with Crippen molar-refractivity contribution in [2.75, 3.05) is 58.2 Å². The van der Waals surface area contributed by atoms with Crippen LogP contribution >= 0.6 is 0 Å². The predicted octanol–water partition coefficient (Wildman–Crippen LogP) is 6.69. The maximum Gasteiger partial charge on any atom is 0.330 e. The molecule has 3 N–H and O–H groups in total. The quantitative estimate of drug-likeness (QED) is 0.141. The Morgan fingerprint density at radius 1 is 0.756 bits per heavy atom. The Kier molecular flexibility index (Phi) is 23.6. The molecule has 0 unspecified atom stereocenters. The summed E-state index contributed by atoms with van der Waals surface area (Å²) in [5.41, 5.74) is 1.29. The summed E-state index contributed by atoms with van der Waals surface area (Å²) in [5.74, 6) is -6.32. The van der Waals surface area contributed by atoms with Crippen molar-refractivity contribution < 1.29 is 66.9 Å². The summed E-state index contributed by atoms with van der Waals surface area (Å²) in [5, 5.41) is 8.72. The van der Waals surface area contributed by atoms with Gasteiger partial charge < -0.3 is 49.6 Å². The van der Waals surface area contributed by atoms with Gasteiger partial charge in [-0.05, 0) is 124 Å². The van der Waals surface area contributed by atoms with Gasteiger partial charge in [-0.3, -0.25) is 43.3 Å². The number of nitrogens with one attached hydrogen (secondary N) is 3. The molecule has 3 aromatic carbocycles. The van der Waals surface area contributed by atoms with E-state index in [0.717, 1.165) is 11.6 Å². The number of aryl methyl sites for hydroxylation is 1. The minimum atomic E-state index is -1.53. The summed E-state index contributed by atoms with van der Waals surface area (Å²) < 4.78 is 22.8. The highest BCUT2D eigenvalue weighted by Gasteiger charge is 2.45. The third kappa shape index (κ3) is 17.3. The van der Waals surface area contributed by atoms with Crippen LogP contribution in [0, 0.1) is 23.2 Å². The lowest BCUT2D eigenvalue weighted by Crippen LogP contribution is -2.63. The van der Waals surface area contributed by atoms with Gasteiger partial charge in [0.1, 0.15) is 42.9 Å². The molecule has 3 aliphatic heterocycles. The highest BCUT2D eigenvalue weighted by atomic mass is 16.5. The number of ether oxygens (including phenoxy) is 4. The molecule has 7 amide bonds. The second-order valence-corrected chi connectivity index (χ2v) is 24.4. The Morgan fingerprint density at radius 3 is 2.15 bits per heavy atom. The number of piperidine rings is 1. The van der Waals surface area contributed by atoms with E-state index in [-0.39, 0.29) is 69.9 Å². The largest absolute Gasteiger partial charge is 0.493 e. The number of hydrogen-bond acceptors (Lipinski definition) is 14. The van der Waals surface area contributed by atoms with Crippen molar-refractivity contribution in [3.8, 4) is 11.5 Å². The number of methoxy groups -OCH3 is 2. The fraction of sp³-hybridized carbons (Fsp3) is 0.538. The predicted molar refractivity (Wildman–Crippen MR) is 322 cm³/mol. The van der Waals surface area contributed by atoms with Crippen LogP contribution in [0.4, 0.5) is 11.4 Å². The molecule has 1 fully saturated rings. The van der Waals surface area contributed by atoms with Crippen molar-refractivity contribution in [1.29, 1.82) is 0 Å². The first-order valence-electron chi connectivity index (χ1n) is 29.8. The number of anilines is 2. The molecule has 6 atom stereocenters. The number of nitrogens with zero attached hydrogens (tertiary/aromatic N) is 4. The van der Waals surface area contributed by atoms with Crippen LogP contribution in [0.1, 0.15) is 130 Å². The van der Waals surface area contributed by atoms with Crippen LogP contribution in [0.2, 0.25) is 0 Å². The van der Waals surface area contributed by atoms with E-state index >= 15 is 0 Å². The lowest BCUT2D eigenvalue weighted by molar-refractivity contribution is -0.165. The van der Waals surface area contributed by atoms with Crippen molar-refractivity contribution in [3.63, 3.8) is 0 Å². The first-order valence-corrected chi connectivity index (χ1v) is 29.8. The molecular weight excluding hydrogens is 1100 g/mol. The molecule has 1 saturated heterocycles. The normalized spacial score (nSPS) is 23.5. The molecule has 0 saturated carbocycles. The van der Waals surface area contributed by atoms with E-state index in [9.17, 15) is 47.9 Å². The number of esters is 2. The van der Waals surface area contributed by atoms with Gasteiger partial charge in [0.15, 0.2) is 11.5 Å². The fourth-order valence-electron chi connectivity index (χ4n) is 11.1. The fourth-order valence-corrected chi connectivity index (χ4v) is 11.1. The molecule has 21 nitrogen and oxygen atoms in total. The number of carbonyl (C=O) groups excluding carboxylic acids is 10. The second-order valence-electron chi connectivity index (χ2n) is 24.4. The molecule has 0 radical (unpaired) electrons. The Bertz CT molecular complexity index is 3010. The number of para-hydroxylation sites is 1. The summed E-state index contributed by atoms with van der Waals surface area (Å²) in [4.78, 5) is 147. The topological polar surface area (TPSA) is 257 Å². The van der Waals surface area contributed by atoms with Gasteiger partial charge in [0.05, 0.1) is 19.6 Å². The Hall–Kier alpha value is -8.10. The van der Waals surface area contributed by atoms with E-state index in [1.807, 2.05) is 45.9 Å². The Balaban J connectivity index is 1.34. The van der Waals surface area contributed by atoms with Gasteiger partial charge in [-0.15, -0.1) is 0 Å². The highest BCUT2D eigenvalue weighted by molar-refractivity contribution is 6.38. The molecule has 21 heteroatoms. The number of hydrogen-bond donors (Lipinski definition) is 3. The maximum atomic E-state index is 14.9. The van der Waals surface area contributed by atoms with Gasteiger partial charge in [-0.1, -0.05) is 84.0 Å². The minimum absolute atomic E-state index is 0.0754. The number of ketones is 1. The zero-order chi connectivity index (χ0) is 63.2. The van der Waals surface area contributed by atoms with Crippen molar-refractivity contribution in [1.82, 2.24) is 25.3 Å². The number of Topliss-reactive ketones (excluding diaryl/α,β-unsaturated/α-hetero) is 1. The number of benzene rings is 3. The number of amides is 7. The van der Waals surface area contributed by atoms with Crippen LogP contribution < -0.4 is 30.3 Å². The van der Waals surface area contributed by atoms with Crippen molar-refractivity contribution in [3.05, 3.63) is 95.6 Å². The van der Waals surface area contributed by atoms with Gasteiger partial charge in [0.2, 0.25) is 35.3 Å². The summed E-state index contributed by atoms with van der Waals surface area (Å²) in [7, 11) is 6.04. The van der Waals surface area contributed by atoms with E-state index in [4.69, 9.17) is 18.9 Å². The Morgan fingerprint density at radius 2 is 1.47 bits per heavy atom. The number of likely N-dealkylation sites (N-methyl/N-ethyl adjacent to an activating group) is 2. The summed E-state index contributed by atoms with van der Waals surface area (Å²) in [6, 6.07) is 13.7. The molecule has 3 aliphatic rings. The molecule has 6 rings (SSSR count). The second kappa shape index (κ2) is 30.3. The number of fused-ring (bicyclic) bond motifs is 7. The molecular formula is C65H87N7O14. The van der Waals surface area contributed by atoms with Crippen LogP contribution in [0.15, 0.2) is 78.9 Å². The van der Waals surface area contributed by atoms with E-state index in [1.54, 1.807) is 62.4 Å². The van der Waals surface area contributed by atoms with Gasteiger partial charge in [0.25, 0.3) is 11.8 Å². The zero-order valence-corrected chi connectivity index (χ0v) is 51.9. The van der Waals surface area contributed by atoms with E-state index < -0.39 is 113 Å². The van der Waals surface area contributed by atoms with Gasteiger partial charge in [-0.2, -0.15) is 0 Å². The third-order valence-corrected chi connectivity index (χ3v) is 15.8. The van der Waals surface area contributed by atoms with Crippen molar-refractivity contribution in [2.45, 2.75) is 156 Å². The van der Waals surface area contributed by atoms with Crippen LogP contribution in [0.3, 0.4) is 0 Å². The SMILES string of the molecule is COc1ccc(CC[C@H]2OC(=O)[C@@H]3CCCCN3C(=O)C(=O)C(C)(C)COC(=O)/C=C/CN(C)C(=O)[C@@H](CC(C)C)NC(=O)[C@H](C(C)C)N3C(=O)[C@@H](Cc4ccccc43)NC(=O)[C@H](CC(C)C)N(C)C(=O)CCC(=O)Nc3cccc2c3)cc1OC. The monoisotopic (exact) mass is 1190 g/mol. The molecule has 0 spiro atoms. The summed E-state index contributed by atoms with van der Waals surface area (Å²) in [6.07, 6.45) is 3.44. The van der Waals surface area contributed by atoms with Gasteiger partial charge in [-0.25, -0.2) is 9.59 Å². The van der Waals surface area contributed by atoms with E-state index in [0.29, 0.717) is 53.3 Å². The average molecular weight is 1190 g/mol. The van der Waals surface area contributed by atoms with Crippen LogP contribution in [-0.2, 0) is 70.3 Å². The van der Waals surface area contributed by atoms with E-state index in [2.05, 4.69) is 16.0 Å². The van der Waals surface area contributed by atoms with Crippen molar-refractivity contribution >= 4 is 70.4 Å². The summed E-state index contributed by atoms with van der Waals surface area (Å²) in [6.45, 7) is 13.6. The highest BCUT2D eigenvalue weighted by Crippen LogP contribution is 2.35. The first-order chi connectivity index (χ1) is 40.7. The smallest absolute Gasteiger partial charge is 0.330 e. The zero-order valence-electron chi connectivity index (χ0n) is 51.9. The summed E-state index contributed by atoms with van der Waals surface area (Å²) >= 11 is 0. The standard InChI is InChI=1S/C65H87N7O14/c1-39(2)33-46-61(79)69(9)31-18-24-56(75)85-38-65(7,8)58(76)63(81)71-32-16-15-23-49(71)64(82)86-51(27-25-42-26-28-52(83-11)53(35-42)84-12)44-20-17-21-45(36-44)66-54(73)29-30-55(74)70(10)50(34-40(3)4)59(77)67-47-37-43-19-13-14-22-48(43)72(62(47)80)57(41(5)6)60(78)68-46/h13-14,17-22,24,26,28,35-36,39-41,46-47,49-51,57H,15-16,23,25,27,29-34,37-38H2,1-12H3,(H,66,73)(H,67,77)(H,68,78)/b24-18+/t46-,47-,49+,50+,51-,57+/m1/s1. The maximum absolute atomic E-state index is 14.9. The van der Waals surface area contributed by atoms with Crippen molar-refractivity contribution in [2.24, 2.45) is 23.2 Å². The molecule has 0 aromatic heterocycles. The lowest BCUT2D eigenvalue weighted by Gasteiger charge is -2.41. The molecule has 0 aliphatic carbocycles. The van der Waals surface area contributed by atoms with Gasteiger partial charge >= 0.3 is 11.9 Å². The van der Waals surface area contributed by atoms with Crippen LogP contribution in [0.25, 0.3) is 0 Å². The molecule has 466 valence electrons. The molecule has 3 aromatic rings. The lowest BCUT2D eigenvalue weighted by atomic mass is 9.87. The number of rotatable bonds is 10. The molecule has 4 bridgehead atoms. The van der Waals surface area contributed by atoms with Gasteiger partial charge in [0, 0.05) is 63.9 Å². The third-order valence-electron chi connectivity index (χ3n) is 15.8. The number of carbonyl (C=O) groups is 10. The molecule has 86 heavy (non-hydrogen) atoms. The minimum Gasteiger partial charge on any atom is -0.493 e. The van der Waals surface area contributed by atoms with Crippen LogP contribution in [-0.4, -0.2) is 152 Å². The van der Waals surface area contributed by atoms with Crippen LogP contribution in [0.5, 0.6) is 11.5 Å². The van der Waals surface area contributed by atoms with E-state index in [1.165, 1.54) is 67.8 Å². The number of cyclic esters (lactones) is 2. The first kappa shape index (κ1) is 67.0. The average Bonchev–Trinajstić information content (AvgIpc) is 3.17. The molecule has 3 heterocycles. The Labute approximate surface area is 505 Å².